The van der Waals surface area contributed by atoms with Crippen molar-refractivity contribution < 1.29 is 0 Å². The standard InChI is InChI=1S/C43H31N.C2H6/c1-2-4-6-16-37(36(15-5-3-1)32-24-21-31(22-25-32)35-28-44-29-35)43-40-19-11-9-17-38(40)42(39-18-10-12-20-41(39)43)34-26-23-30-13-7-8-14-33(30)27-34;1-2/h1-9,11-17,19-29H,10,18H2;1-2H3. The quantitative estimate of drug-likeness (QED) is 0.193. The van der Waals surface area contributed by atoms with Gasteiger partial charge in [0, 0.05) is 18.0 Å². The molecule has 0 N–H and O–H groups in total. The summed E-state index contributed by atoms with van der Waals surface area (Å²) in [6, 6.07) is 50.8. The number of hydrogen-bond donors (Lipinski definition) is 0. The molecule has 6 aromatic carbocycles. The van der Waals surface area contributed by atoms with E-state index in [0.717, 1.165) is 12.8 Å². The fourth-order valence-electron chi connectivity index (χ4n) is 6.70. The van der Waals surface area contributed by atoms with E-state index < -0.39 is 0 Å². The fraction of sp³-hybridized carbons (Fsp3) is 0.0889. The number of benzene rings is 5. The molecule has 0 unspecified atom stereocenters. The number of nitrogens with zero attached hydrogens (tertiary/aromatic N) is 1. The van der Waals surface area contributed by atoms with E-state index in [1.54, 1.807) is 0 Å². The fourth-order valence-corrected chi connectivity index (χ4v) is 6.70. The summed E-state index contributed by atoms with van der Waals surface area (Å²) in [7, 11) is 0. The van der Waals surface area contributed by atoms with Crippen LogP contribution < -0.4 is 0 Å². The second-order valence-electron chi connectivity index (χ2n) is 11.4. The molecule has 0 atom stereocenters. The molecule has 0 bridgehead atoms. The van der Waals surface area contributed by atoms with Crippen LogP contribution in [0.25, 0.3) is 66.6 Å². The van der Waals surface area contributed by atoms with Crippen molar-refractivity contribution in [3.05, 3.63) is 168 Å². The average Bonchev–Trinajstić information content (AvgIpc) is 3.09. The Morgan fingerprint density at radius 3 is 1.83 bits per heavy atom. The summed E-state index contributed by atoms with van der Waals surface area (Å²) in [4.78, 5) is 4.16. The van der Waals surface area contributed by atoms with Gasteiger partial charge in [0.15, 0.2) is 0 Å². The van der Waals surface area contributed by atoms with Crippen molar-refractivity contribution in [3.8, 4) is 33.4 Å². The van der Waals surface area contributed by atoms with Gasteiger partial charge in [0.05, 0.1) is 0 Å². The van der Waals surface area contributed by atoms with Gasteiger partial charge in [-0.1, -0.05) is 159 Å². The van der Waals surface area contributed by atoms with Gasteiger partial charge < -0.3 is 0 Å². The second-order valence-corrected chi connectivity index (χ2v) is 11.4. The predicted molar refractivity (Wildman–Crippen MR) is 201 cm³/mol. The minimum atomic E-state index is 1.02. The molecule has 46 heavy (non-hydrogen) atoms. The van der Waals surface area contributed by atoms with Crippen LogP contribution in [0.5, 0.6) is 0 Å². The molecule has 0 saturated carbocycles. The van der Waals surface area contributed by atoms with Crippen molar-refractivity contribution in [1.29, 1.82) is 0 Å². The zero-order valence-electron chi connectivity index (χ0n) is 26.4. The number of hydrogen-bond acceptors (Lipinski definition) is 1. The molecule has 0 saturated heterocycles. The third-order valence-corrected chi connectivity index (χ3v) is 8.84. The molecule has 1 heteroatoms. The van der Waals surface area contributed by atoms with Gasteiger partial charge in [0.1, 0.15) is 0 Å². The molecule has 0 aromatic heterocycles. The van der Waals surface area contributed by atoms with Crippen LogP contribution in [0.3, 0.4) is 0 Å². The van der Waals surface area contributed by atoms with Crippen molar-refractivity contribution in [1.82, 2.24) is 0 Å². The maximum atomic E-state index is 4.16. The first-order valence-electron chi connectivity index (χ1n) is 16.4. The number of rotatable bonds is 4. The molecule has 222 valence electrons. The molecule has 8 rings (SSSR count). The first-order valence-corrected chi connectivity index (χ1v) is 16.4. The SMILES string of the molecule is C1=Cc2c(c(-c3ccc4ccccc4c3)c3ccccc3c2-c2ccccccccc2-c2ccc(C3=CN=C3)cc2)CC1.CC. The maximum Gasteiger partial charge on any atom is 0.0362 e. The normalized spacial score (nSPS) is 12.8. The molecule has 6 aromatic rings. The Bertz CT molecular complexity index is 2210. The summed E-state index contributed by atoms with van der Waals surface area (Å²) >= 11 is 0. The van der Waals surface area contributed by atoms with Gasteiger partial charge in [-0.05, 0) is 90.5 Å². The van der Waals surface area contributed by atoms with Gasteiger partial charge in [-0.15, -0.1) is 0 Å². The lowest BCUT2D eigenvalue weighted by atomic mass is 9.79. The Morgan fingerprint density at radius 2 is 1.11 bits per heavy atom. The van der Waals surface area contributed by atoms with Crippen LogP contribution in [0, 0.1) is 0 Å². The molecule has 1 nitrogen and oxygen atoms in total. The Hall–Kier alpha value is -5.53. The lowest BCUT2D eigenvalue weighted by Crippen LogP contribution is -2.03. The minimum absolute atomic E-state index is 1.02. The minimum Gasteiger partial charge on any atom is -0.263 e. The highest BCUT2D eigenvalue weighted by molar-refractivity contribution is 6.15. The molecule has 2 aliphatic rings. The lowest BCUT2D eigenvalue weighted by Gasteiger charge is -2.24. The Labute approximate surface area is 272 Å². The zero-order chi connectivity index (χ0) is 31.3. The van der Waals surface area contributed by atoms with Gasteiger partial charge in [0.2, 0.25) is 0 Å². The average molecular weight is 592 g/mol. The van der Waals surface area contributed by atoms with E-state index in [1.165, 1.54) is 77.2 Å². The highest BCUT2D eigenvalue weighted by Crippen LogP contribution is 2.46. The first-order chi connectivity index (χ1) is 22.8. The van der Waals surface area contributed by atoms with E-state index >= 15 is 0 Å². The van der Waals surface area contributed by atoms with Crippen LogP contribution in [0.4, 0.5) is 0 Å². The molecule has 0 amide bonds. The molecule has 0 fully saturated rings. The summed E-state index contributed by atoms with van der Waals surface area (Å²) in [6.45, 7) is 4.00. The summed E-state index contributed by atoms with van der Waals surface area (Å²) in [5, 5.41) is 5.12. The Morgan fingerprint density at radius 1 is 0.522 bits per heavy atom. The van der Waals surface area contributed by atoms with Crippen molar-refractivity contribution in [3.63, 3.8) is 0 Å². The third kappa shape index (κ3) is 5.46. The molecule has 1 heterocycles. The van der Waals surface area contributed by atoms with E-state index in [0.29, 0.717) is 0 Å². The van der Waals surface area contributed by atoms with Gasteiger partial charge in [-0.2, -0.15) is 0 Å². The Kier molecular flexibility index (Phi) is 8.39. The van der Waals surface area contributed by atoms with E-state index in [2.05, 4.69) is 157 Å². The van der Waals surface area contributed by atoms with Crippen LogP contribution in [0.2, 0.25) is 0 Å². The predicted octanol–water partition coefficient (Wildman–Crippen LogP) is 12.5. The molecular formula is C45H37N. The largest absolute Gasteiger partial charge is 0.263 e. The van der Waals surface area contributed by atoms with Gasteiger partial charge in [-0.3, -0.25) is 4.99 Å². The van der Waals surface area contributed by atoms with E-state index in [9.17, 15) is 0 Å². The molecule has 1 aliphatic heterocycles. The second kappa shape index (κ2) is 13.2. The molecule has 1 aliphatic carbocycles. The van der Waals surface area contributed by atoms with Crippen molar-refractivity contribution in [2.45, 2.75) is 26.7 Å². The summed E-state index contributed by atoms with van der Waals surface area (Å²) < 4.78 is 0. The summed E-state index contributed by atoms with van der Waals surface area (Å²) in [6.07, 6.45) is 10.6. The van der Waals surface area contributed by atoms with Crippen LogP contribution in [-0.2, 0) is 6.42 Å². The van der Waals surface area contributed by atoms with E-state index in [1.807, 2.05) is 26.3 Å². The van der Waals surface area contributed by atoms with Crippen LogP contribution in [-0.4, -0.2) is 6.21 Å². The number of aliphatic imine (C=N–C) groups is 1. The highest BCUT2D eigenvalue weighted by atomic mass is 14.7. The highest BCUT2D eigenvalue weighted by Gasteiger charge is 2.23. The van der Waals surface area contributed by atoms with Crippen molar-refractivity contribution in [2.75, 3.05) is 0 Å². The van der Waals surface area contributed by atoms with Crippen LogP contribution >= 0.6 is 0 Å². The molecule has 0 radical (unpaired) electrons. The topological polar surface area (TPSA) is 12.4 Å². The van der Waals surface area contributed by atoms with E-state index in [4.69, 9.17) is 0 Å². The van der Waals surface area contributed by atoms with Crippen molar-refractivity contribution in [2.24, 2.45) is 4.99 Å². The number of allylic oxidation sites excluding steroid dienone is 2. The number of fused-ring (bicyclic) bond motifs is 3. The van der Waals surface area contributed by atoms with Crippen molar-refractivity contribution >= 4 is 39.4 Å². The monoisotopic (exact) mass is 591 g/mol. The lowest BCUT2D eigenvalue weighted by molar-refractivity contribution is 0.991. The van der Waals surface area contributed by atoms with Crippen LogP contribution in [0.15, 0.2) is 157 Å². The smallest absolute Gasteiger partial charge is 0.0362 e. The van der Waals surface area contributed by atoms with E-state index in [-0.39, 0.29) is 0 Å². The summed E-state index contributed by atoms with van der Waals surface area (Å²) in [5.74, 6) is 0. The molecule has 0 spiro atoms. The van der Waals surface area contributed by atoms with Gasteiger partial charge in [-0.25, -0.2) is 0 Å². The third-order valence-electron chi connectivity index (χ3n) is 8.84. The van der Waals surface area contributed by atoms with Crippen LogP contribution in [0.1, 0.15) is 37.0 Å². The van der Waals surface area contributed by atoms with Gasteiger partial charge >= 0.3 is 0 Å². The van der Waals surface area contributed by atoms with Gasteiger partial charge in [0.25, 0.3) is 0 Å². The maximum absolute atomic E-state index is 4.16. The summed E-state index contributed by atoms with van der Waals surface area (Å²) in [5.41, 5.74) is 12.7. The zero-order valence-corrected chi connectivity index (χ0v) is 26.4. The Balaban J connectivity index is 0.00000166. The molecular weight excluding hydrogens is 555 g/mol. The first kappa shape index (κ1) is 29.2.